The zero-order chi connectivity index (χ0) is 36.8. The van der Waals surface area contributed by atoms with Gasteiger partial charge in [0.15, 0.2) is 0 Å². The molecule has 0 aliphatic heterocycles. The van der Waals surface area contributed by atoms with Gasteiger partial charge in [-0.1, -0.05) is 148 Å². The van der Waals surface area contributed by atoms with Crippen molar-refractivity contribution in [3.63, 3.8) is 0 Å². The molecule has 0 aromatic heterocycles. The quantitative estimate of drug-likeness (QED) is 0.0588. The summed E-state index contributed by atoms with van der Waals surface area (Å²) in [5.74, 6) is -4.45. The van der Waals surface area contributed by atoms with E-state index in [0.717, 1.165) is 38.5 Å². The third kappa shape index (κ3) is 40.6. The fourth-order valence-corrected chi connectivity index (χ4v) is 4.56. The van der Waals surface area contributed by atoms with E-state index in [9.17, 15) is 24.0 Å². The van der Waals surface area contributed by atoms with E-state index in [1.54, 1.807) is 0 Å². The van der Waals surface area contributed by atoms with Crippen molar-refractivity contribution < 1.29 is 49.5 Å². The Morgan fingerprint density at radius 3 is 0.771 bits per heavy atom. The van der Waals surface area contributed by atoms with Crippen LogP contribution in [-0.2, 0) is 14.4 Å². The van der Waals surface area contributed by atoms with Gasteiger partial charge in [-0.05, 0) is 31.4 Å². The average Bonchev–Trinajstić information content (AvgIpc) is 3.04. The number of aromatic carboxylic acids is 2. The first kappa shape index (κ1) is 49.0. The van der Waals surface area contributed by atoms with Crippen molar-refractivity contribution in [1.29, 1.82) is 0 Å². The molecule has 1 aromatic carbocycles. The monoisotopic (exact) mass is 682 g/mol. The van der Waals surface area contributed by atoms with Crippen LogP contribution in [0.3, 0.4) is 0 Å². The van der Waals surface area contributed by atoms with Gasteiger partial charge >= 0.3 is 29.8 Å². The van der Waals surface area contributed by atoms with Crippen LogP contribution in [0.4, 0.5) is 0 Å². The Balaban J connectivity index is -0.000000566. The lowest BCUT2D eigenvalue weighted by atomic mass is 10.1. The zero-order valence-electron chi connectivity index (χ0n) is 30.1. The summed E-state index contributed by atoms with van der Waals surface area (Å²) in [5, 5.41) is 42.1. The Labute approximate surface area is 289 Å². The Morgan fingerprint density at radius 2 is 0.583 bits per heavy atom. The number of carbonyl (C=O) groups is 5. The molecule has 0 aliphatic carbocycles. The van der Waals surface area contributed by atoms with E-state index in [1.165, 1.54) is 121 Å². The van der Waals surface area contributed by atoms with Crippen molar-refractivity contribution in [2.24, 2.45) is 0 Å². The lowest BCUT2D eigenvalue weighted by Crippen LogP contribution is -2.06. The van der Waals surface area contributed by atoms with E-state index >= 15 is 0 Å². The van der Waals surface area contributed by atoms with E-state index in [-0.39, 0.29) is 11.1 Å². The molecule has 0 heterocycles. The summed E-state index contributed by atoms with van der Waals surface area (Å²) < 4.78 is 0. The Kier molecular flexibility index (Phi) is 38.8. The van der Waals surface area contributed by atoms with Gasteiger partial charge in [0, 0.05) is 19.3 Å². The first-order valence-electron chi connectivity index (χ1n) is 18.1. The van der Waals surface area contributed by atoms with Crippen LogP contribution in [0.15, 0.2) is 24.3 Å². The van der Waals surface area contributed by atoms with Crippen LogP contribution in [-0.4, -0.2) is 55.4 Å². The predicted molar refractivity (Wildman–Crippen MR) is 191 cm³/mol. The highest BCUT2D eigenvalue weighted by Gasteiger charge is 2.13. The highest BCUT2D eigenvalue weighted by molar-refractivity contribution is 6.01. The lowest BCUT2D eigenvalue weighted by Gasteiger charge is -2.00. The number of hydrogen-bond donors (Lipinski definition) is 5. The zero-order valence-corrected chi connectivity index (χ0v) is 30.1. The van der Waals surface area contributed by atoms with Crippen LogP contribution >= 0.6 is 0 Å². The number of benzene rings is 1. The molecule has 0 amide bonds. The highest BCUT2D eigenvalue weighted by Crippen LogP contribution is 2.11. The lowest BCUT2D eigenvalue weighted by molar-refractivity contribution is -0.138. The molecular weight excluding hydrogens is 616 g/mol. The van der Waals surface area contributed by atoms with Crippen LogP contribution in [0, 0.1) is 0 Å². The fourth-order valence-electron chi connectivity index (χ4n) is 4.56. The maximum absolute atomic E-state index is 10.5. The molecule has 278 valence electrons. The van der Waals surface area contributed by atoms with Gasteiger partial charge in [0.1, 0.15) is 0 Å². The molecule has 0 fully saturated rings. The van der Waals surface area contributed by atoms with Crippen molar-refractivity contribution >= 4 is 29.8 Å². The fraction of sp³-hybridized carbons (Fsp3) is 0.711. The summed E-state index contributed by atoms with van der Waals surface area (Å²) in [6.45, 7) is 6.58. The molecule has 10 heteroatoms. The average molecular weight is 683 g/mol. The number of hydrogen-bond acceptors (Lipinski definition) is 5. The van der Waals surface area contributed by atoms with Crippen molar-refractivity contribution in [3.8, 4) is 0 Å². The molecule has 1 rings (SSSR count). The molecule has 0 unspecified atom stereocenters. The standard InChI is InChI=1S/C12H24O2.C10H20O2.C8H6O4.C8H16O2/c1-2-3-4-5-6-7-8-9-10-11-12(13)14;1-2-3-4-5-6-7-8-9-10(11)12;9-7(10)5-3-1-2-4-6(5)8(11)12;1-2-3-4-5-6-7-8(9)10/h2-11H2,1H3,(H,13,14);2-9H2,1H3,(H,11,12);1-4H,(H,9,10)(H,11,12);2-7H2,1H3,(H,9,10). The van der Waals surface area contributed by atoms with Gasteiger partial charge in [0.2, 0.25) is 0 Å². The van der Waals surface area contributed by atoms with Gasteiger partial charge in [0.25, 0.3) is 0 Å². The van der Waals surface area contributed by atoms with Crippen LogP contribution in [0.1, 0.15) is 196 Å². The second-order valence-corrected chi connectivity index (χ2v) is 12.0. The molecule has 0 aliphatic rings. The third-order valence-electron chi connectivity index (χ3n) is 7.37. The van der Waals surface area contributed by atoms with Crippen LogP contribution in [0.25, 0.3) is 0 Å². The summed E-state index contributed by atoms with van der Waals surface area (Å²) in [6, 6.07) is 5.48. The highest BCUT2D eigenvalue weighted by atomic mass is 16.4. The van der Waals surface area contributed by atoms with E-state index in [0.29, 0.717) is 19.3 Å². The van der Waals surface area contributed by atoms with Crippen molar-refractivity contribution in [1.82, 2.24) is 0 Å². The normalized spacial score (nSPS) is 9.90. The summed E-state index contributed by atoms with van der Waals surface area (Å²) in [6.07, 6.45) is 26.0. The van der Waals surface area contributed by atoms with Gasteiger partial charge in [0.05, 0.1) is 11.1 Å². The molecule has 5 N–H and O–H groups in total. The molecule has 0 saturated heterocycles. The van der Waals surface area contributed by atoms with Crippen molar-refractivity contribution in [3.05, 3.63) is 35.4 Å². The van der Waals surface area contributed by atoms with Crippen molar-refractivity contribution in [2.75, 3.05) is 0 Å². The van der Waals surface area contributed by atoms with Gasteiger partial charge < -0.3 is 25.5 Å². The minimum absolute atomic E-state index is 0.190. The molecule has 0 radical (unpaired) electrons. The number of rotatable bonds is 26. The van der Waals surface area contributed by atoms with Crippen LogP contribution < -0.4 is 0 Å². The smallest absolute Gasteiger partial charge is 0.336 e. The third-order valence-corrected chi connectivity index (χ3v) is 7.37. The largest absolute Gasteiger partial charge is 0.481 e. The summed E-state index contributed by atoms with van der Waals surface area (Å²) >= 11 is 0. The SMILES string of the molecule is CCCCCCCC(=O)O.CCCCCCCCCC(=O)O.CCCCCCCCCCCC(=O)O.O=C(O)c1ccccc1C(=O)O. The minimum atomic E-state index is -1.23. The number of aliphatic carboxylic acids is 3. The molecule has 0 saturated carbocycles. The molecular formula is C38H66O10. The molecule has 0 bridgehead atoms. The van der Waals surface area contributed by atoms with E-state index in [4.69, 9.17) is 25.5 Å². The first-order chi connectivity index (χ1) is 22.9. The van der Waals surface area contributed by atoms with E-state index in [1.807, 2.05) is 0 Å². The number of carboxylic acid groups (broad SMARTS) is 5. The summed E-state index contributed by atoms with van der Waals surface area (Å²) in [5.41, 5.74) is -0.380. The van der Waals surface area contributed by atoms with Gasteiger partial charge in [-0.25, -0.2) is 9.59 Å². The van der Waals surface area contributed by atoms with Crippen LogP contribution in [0.5, 0.6) is 0 Å². The second-order valence-electron chi connectivity index (χ2n) is 12.0. The molecule has 1 aromatic rings. The van der Waals surface area contributed by atoms with E-state index < -0.39 is 29.8 Å². The number of unbranched alkanes of at least 4 members (excludes halogenated alkanes) is 18. The maximum atomic E-state index is 10.5. The van der Waals surface area contributed by atoms with Crippen LogP contribution in [0.2, 0.25) is 0 Å². The number of carboxylic acids is 5. The van der Waals surface area contributed by atoms with Crippen molar-refractivity contribution in [2.45, 2.75) is 175 Å². The maximum Gasteiger partial charge on any atom is 0.336 e. The Hall–Kier alpha value is -3.43. The molecule has 48 heavy (non-hydrogen) atoms. The first-order valence-corrected chi connectivity index (χ1v) is 18.1. The second kappa shape index (κ2) is 38.0. The summed E-state index contributed by atoms with van der Waals surface area (Å²) in [4.78, 5) is 51.3. The molecule has 10 nitrogen and oxygen atoms in total. The Morgan fingerprint density at radius 1 is 0.375 bits per heavy atom. The minimum Gasteiger partial charge on any atom is -0.481 e. The van der Waals surface area contributed by atoms with Gasteiger partial charge in [-0.3, -0.25) is 14.4 Å². The topological polar surface area (TPSA) is 186 Å². The molecule has 0 atom stereocenters. The summed E-state index contributed by atoms with van der Waals surface area (Å²) in [7, 11) is 0. The Bertz CT molecular complexity index is 912. The predicted octanol–water partition coefficient (Wildman–Crippen LogP) is 10.7. The van der Waals surface area contributed by atoms with Gasteiger partial charge in [-0.15, -0.1) is 0 Å². The van der Waals surface area contributed by atoms with Gasteiger partial charge in [-0.2, -0.15) is 0 Å². The molecule has 0 spiro atoms. The van der Waals surface area contributed by atoms with E-state index in [2.05, 4.69) is 20.8 Å².